The minimum absolute atomic E-state index is 0.0660. The fourth-order valence-electron chi connectivity index (χ4n) is 1.26. The van der Waals surface area contributed by atoms with Gasteiger partial charge in [-0.25, -0.2) is 0 Å². The standard InChI is InChI=1S/C8H11NO2/c1-5-2-6(4-8(9)11)7(10)3-5/h2,5H,3-4H2,1H3,(H2,9,11). The Balaban J connectivity index is 2.64. The van der Waals surface area contributed by atoms with E-state index in [2.05, 4.69) is 0 Å². The molecule has 1 unspecified atom stereocenters. The quantitative estimate of drug-likeness (QED) is 0.624. The molecular formula is C8H11NO2. The first-order valence-corrected chi connectivity index (χ1v) is 3.62. The number of nitrogens with two attached hydrogens (primary N) is 1. The van der Waals surface area contributed by atoms with Gasteiger partial charge in [0.1, 0.15) is 0 Å². The maximum atomic E-state index is 11.0. The Morgan fingerprint density at radius 1 is 1.82 bits per heavy atom. The van der Waals surface area contributed by atoms with Crippen molar-refractivity contribution in [2.24, 2.45) is 11.7 Å². The van der Waals surface area contributed by atoms with Gasteiger partial charge in [0.2, 0.25) is 5.91 Å². The summed E-state index contributed by atoms with van der Waals surface area (Å²) in [6, 6.07) is 0. The molecule has 1 atom stereocenters. The van der Waals surface area contributed by atoms with Gasteiger partial charge < -0.3 is 5.73 Å². The number of carbonyl (C=O) groups is 2. The molecule has 2 N–H and O–H groups in total. The smallest absolute Gasteiger partial charge is 0.221 e. The molecule has 3 nitrogen and oxygen atoms in total. The van der Waals surface area contributed by atoms with Gasteiger partial charge in [-0.1, -0.05) is 13.0 Å². The second-order valence-corrected chi connectivity index (χ2v) is 2.94. The van der Waals surface area contributed by atoms with Gasteiger partial charge in [0.15, 0.2) is 5.78 Å². The third kappa shape index (κ3) is 1.90. The van der Waals surface area contributed by atoms with Crippen molar-refractivity contribution in [1.29, 1.82) is 0 Å². The fraction of sp³-hybridized carbons (Fsp3) is 0.500. The second kappa shape index (κ2) is 2.86. The maximum absolute atomic E-state index is 11.0. The third-order valence-electron chi connectivity index (χ3n) is 1.72. The predicted octanol–water partition coefficient (Wildman–Crippen LogP) is 0.397. The molecule has 1 amide bonds. The lowest BCUT2D eigenvalue weighted by Gasteiger charge is -1.93. The van der Waals surface area contributed by atoms with E-state index in [0.29, 0.717) is 12.0 Å². The van der Waals surface area contributed by atoms with Gasteiger partial charge in [-0.2, -0.15) is 0 Å². The van der Waals surface area contributed by atoms with Crippen LogP contribution in [0.1, 0.15) is 19.8 Å². The SMILES string of the molecule is CC1C=C(CC(N)=O)C(=O)C1. The summed E-state index contributed by atoms with van der Waals surface area (Å²) in [7, 11) is 0. The molecule has 0 aromatic heterocycles. The van der Waals surface area contributed by atoms with E-state index in [1.165, 1.54) is 0 Å². The van der Waals surface area contributed by atoms with Crippen LogP contribution in [-0.4, -0.2) is 11.7 Å². The van der Waals surface area contributed by atoms with Gasteiger partial charge in [0.25, 0.3) is 0 Å². The van der Waals surface area contributed by atoms with E-state index < -0.39 is 5.91 Å². The number of Topliss-reactive ketones (excluding diaryl/α,β-unsaturated/α-hetero) is 1. The van der Waals surface area contributed by atoms with Crippen LogP contribution in [0.4, 0.5) is 0 Å². The lowest BCUT2D eigenvalue weighted by molar-refractivity contribution is -0.120. The molecule has 0 heterocycles. The molecule has 0 spiro atoms. The van der Waals surface area contributed by atoms with Crippen LogP contribution in [0.15, 0.2) is 11.6 Å². The Kier molecular flexibility index (Phi) is 2.08. The molecule has 60 valence electrons. The van der Waals surface area contributed by atoms with Crippen molar-refractivity contribution in [2.45, 2.75) is 19.8 Å². The van der Waals surface area contributed by atoms with Gasteiger partial charge in [-0.15, -0.1) is 0 Å². The number of carbonyl (C=O) groups excluding carboxylic acids is 2. The molecule has 1 rings (SSSR count). The van der Waals surface area contributed by atoms with Crippen LogP contribution >= 0.6 is 0 Å². The first-order chi connectivity index (χ1) is 5.09. The zero-order valence-corrected chi connectivity index (χ0v) is 6.46. The van der Waals surface area contributed by atoms with Gasteiger partial charge >= 0.3 is 0 Å². The first-order valence-electron chi connectivity index (χ1n) is 3.62. The summed E-state index contributed by atoms with van der Waals surface area (Å²) < 4.78 is 0. The summed E-state index contributed by atoms with van der Waals surface area (Å²) in [6.45, 7) is 1.95. The molecule has 0 aliphatic heterocycles. The highest BCUT2D eigenvalue weighted by molar-refractivity contribution is 6.01. The van der Waals surface area contributed by atoms with E-state index in [-0.39, 0.29) is 18.1 Å². The fourth-order valence-corrected chi connectivity index (χ4v) is 1.26. The predicted molar refractivity (Wildman–Crippen MR) is 40.7 cm³/mol. The molecule has 1 aliphatic rings. The number of allylic oxidation sites excluding steroid dienone is 1. The highest BCUT2D eigenvalue weighted by atomic mass is 16.1. The molecular weight excluding hydrogens is 142 g/mol. The number of hydrogen-bond donors (Lipinski definition) is 1. The summed E-state index contributed by atoms with van der Waals surface area (Å²) in [5.41, 5.74) is 5.54. The number of hydrogen-bond acceptors (Lipinski definition) is 2. The van der Waals surface area contributed by atoms with Crippen LogP contribution < -0.4 is 5.73 Å². The molecule has 0 saturated carbocycles. The van der Waals surface area contributed by atoms with Gasteiger partial charge in [-0.3, -0.25) is 9.59 Å². The number of amides is 1. The van der Waals surface area contributed by atoms with Crippen LogP contribution in [0.25, 0.3) is 0 Å². The minimum atomic E-state index is -0.432. The summed E-state index contributed by atoms with van der Waals surface area (Å²) >= 11 is 0. The Morgan fingerprint density at radius 2 is 2.45 bits per heavy atom. The maximum Gasteiger partial charge on any atom is 0.221 e. The van der Waals surface area contributed by atoms with Crippen molar-refractivity contribution >= 4 is 11.7 Å². The lowest BCUT2D eigenvalue weighted by Crippen LogP contribution is -2.13. The Labute approximate surface area is 65.3 Å². The van der Waals surface area contributed by atoms with E-state index in [1.807, 2.05) is 13.0 Å². The van der Waals surface area contributed by atoms with E-state index in [0.717, 1.165) is 0 Å². The summed E-state index contributed by atoms with van der Waals surface area (Å²) in [4.78, 5) is 21.5. The second-order valence-electron chi connectivity index (χ2n) is 2.94. The minimum Gasteiger partial charge on any atom is -0.369 e. The monoisotopic (exact) mass is 153 g/mol. The zero-order valence-electron chi connectivity index (χ0n) is 6.46. The summed E-state index contributed by atoms with van der Waals surface area (Å²) in [5, 5.41) is 0. The van der Waals surface area contributed by atoms with Gasteiger partial charge in [0, 0.05) is 12.0 Å². The van der Waals surface area contributed by atoms with Crippen molar-refractivity contribution < 1.29 is 9.59 Å². The Bertz CT molecular complexity index is 230. The topological polar surface area (TPSA) is 60.2 Å². The van der Waals surface area contributed by atoms with Crippen molar-refractivity contribution in [3.05, 3.63) is 11.6 Å². The zero-order chi connectivity index (χ0) is 8.43. The average Bonchev–Trinajstić information content (AvgIpc) is 2.09. The molecule has 0 radical (unpaired) electrons. The highest BCUT2D eigenvalue weighted by Crippen LogP contribution is 2.21. The molecule has 11 heavy (non-hydrogen) atoms. The largest absolute Gasteiger partial charge is 0.369 e. The molecule has 0 saturated heterocycles. The van der Waals surface area contributed by atoms with Crippen LogP contribution in [0, 0.1) is 5.92 Å². The van der Waals surface area contributed by atoms with E-state index in [9.17, 15) is 9.59 Å². The molecule has 0 fully saturated rings. The highest BCUT2D eigenvalue weighted by Gasteiger charge is 2.21. The number of ketones is 1. The van der Waals surface area contributed by atoms with Crippen molar-refractivity contribution in [1.82, 2.24) is 0 Å². The molecule has 0 aromatic rings. The van der Waals surface area contributed by atoms with Gasteiger partial charge in [-0.05, 0) is 5.92 Å². The normalized spacial score (nSPS) is 23.5. The van der Waals surface area contributed by atoms with Crippen LogP contribution in [0.5, 0.6) is 0 Å². The molecule has 1 aliphatic carbocycles. The summed E-state index contributed by atoms with van der Waals surface area (Å²) in [6.07, 6.45) is 2.46. The third-order valence-corrected chi connectivity index (χ3v) is 1.72. The number of primary amides is 1. The summed E-state index contributed by atoms with van der Waals surface area (Å²) in [5.74, 6) is -0.0909. The molecule has 0 aromatic carbocycles. The van der Waals surface area contributed by atoms with Crippen LogP contribution in [0.3, 0.4) is 0 Å². The first kappa shape index (κ1) is 7.98. The number of rotatable bonds is 2. The van der Waals surface area contributed by atoms with Crippen LogP contribution in [0.2, 0.25) is 0 Å². The van der Waals surface area contributed by atoms with Crippen molar-refractivity contribution in [3.63, 3.8) is 0 Å². The molecule has 3 heteroatoms. The Hall–Kier alpha value is -1.12. The lowest BCUT2D eigenvalue weighted by atomic mass is 10.1. The van der Waals surface area contributed by atoms with Crippen molar-refractivity contribution in [3.8, 4) is 0 Å². The van der Waals surface area contributed by atoms with E-state index in [1.54, 1.807) is 0 Å². The van der Waals surface area contributed by atoms with E-state index in [4.69, 9.17) is 5.73 Å². The van der Waals surface area contributed by atoms with Gasteiger partial charge in [0.05, 0.1) is 6.42 Å². The van der Waals surface area contributed by atoms with Crippen LogP contribution in [-0.2, 0) is 9.59 Å². The average molecular weight is 153 g/mol. The Morgan fingerprint density at radius 3 is 2.82 bits per heavy atom. The molecule has 0 bridgehead atoms. The van der Waals surface area contributed by atoms with Crippen molar-refractivity contribution in [2.75, 3.05) is 0 Å². The van der Waals surface area contributed by atoms with E-state index >= 15 is 0 Å².